The zero-order chi connectivity index (χ0) is 12.2. The molecule has 16 heavy (non-hydrogen) atoms. The first-order valence-corrected chi connectivity index (χ1v) is 5.00. The van der Waals surface area contributed by atoms with Gasteiger partial charge in [-0.3, -0.25) is 0 Å². The van der Waals surface area contributed by atoms with Gasteiger partial charge in [0.1, 0.15) is 5.69 Å². The van der Waals surface area contributed by atoms with E-state index in [0.29, 0.717) is 5.69 Å². The van der Waals surface area contributed by atoms with Crippen molar-refractivity contribution in [1.82, 2.24) is 4.98 Å². The first kappa shape index (κ1) is 12.3. The summed E-state index contributed by atoms with van der Waals surface area (Å²) in [4.78, 5) is 15.1. The molecule has 1 rings (SSSR count). The molecule has 0 bridgehead atoms. The van der Waals surface area contributed by atoms with Crippen LogP contribution in [0.4, 0.5) is 0 Å². The van der Waals surface area contributed by atoms with Gasteiger partial charge in [0.15, 0.2) is 0 Å². The number of hydrogen-bond acceptors (Lipinski definition) is 3. The molecule has 0 aliphatic rings. The van der Waals surface area contributed by atoms with Gasteiger partial charge in [0, 0.05) is 17.2 Å². The van der Waals surface area contributed by atoms with Gasteiger partial charge < -0.3 is 4.74 Å². The summed E-state index contributed by atoms with van der Waals surface area (Å²) >= 11 is 0. The van der Waals surface area contributed by atoms with E-state index in [9.17, 15) is 4.79 Å². The quantitative estimate of drug-likeness (QED) is 0.535. The van der Waals surface area contributed by atoms with E-state index >= 15 is 0 Å². The fourth-order valence-electron chi connectivity index (χ4n) is 0.953. The molecule has 0 N–H and O–H groups in total. The molecule has 0 saturated heterocycles. The van der Waals surface area contributed by atoms with Crippen LogP contribution in [0.25, 0.3) is 0 Å². The van der Waals surface area contributed by atoms with Crippen LogP contribution in [0.15, 0.2) is 18.3 Å². The highest BCUT2D eigenvalue weighted by Gasteiger charge is 2.06. The Hall–Kier alpha value is -1.82. The van der Waals surface area contributed by atoms with E-state index in [1.165, 1.54) is 7.11 Å². The molecule has 3 heteroatoms. The number of aromatic nitrogens is 1. The van der Waals surface area contributed by atoms with Crippen LogP contribution in [0.3, 0.4) is 0 Å². The lowest BCUT2D eigenvalue weighted by Crippen LogP contribution is -2.03. The second-order valence-corrected chi connectivity index (χ2v) is 4.42. The molecule has 0 aliphatic heterocycles. The second-order valence-electron chi connectivity index (χ2n) is 4.42. The predicted octanol–water partition coefficient (Wildman–Crippen LogP) is 2.27. The molecule has 0 saturated carbocycles. The summed E-state index contributed by atoms with van der Waals surface area (Å²) in [6, 6.07) is 3.37. The highest BCUT2D eigenvalue weighted by molar-refractivity contribution is 5.87. The third-order valence-electron chi connectivity index (χ3n) is 1.74. The van der Waals surface area contributed by atoms with Crippen molar-refractivity contribution >= 4 is 5.97 Å². The summed E-state index contributed by atoms with van der Waals surface area (Å²) in [6.07, 6.45) is 1.57. The molecule has 0 aliphatic carbocycles. The maximum absolute atomic E-state index is 11.1. The molecular formula is C13H15NO2. The van der Waals surface area contributed by atoms with E-state index in [1.807, 2.05) is 20.8 Å². The Morgan fingerprint density at radius 3 is 2.50 bits per heavy atom. The van der Waals surface area contributed by atoms with Crippen molar-refractivity contribution in [3.05, 3.63) is 29.6 Å². The Kier molecular flexibility index (Phi) is 3.68. The molecule has 0 aromatic carbocycles. The maximum Gasteiger partial charge on any atom is 0.356 e. The highest BCUT2D eigenvalue weighted by Crippen LogP contribution is 2.10. The van der Waals surface area contributed by atoms with Gasteiger partial charge in [0.05, 0.1) is 7.11 Å². The molecule has 0 unspecified atom stereocenters. The summed E-state index contributed by atoms with van der Waals surface area (Å²) in [5.74, 6) is 5.66. The van der Waals surface area contributed by atoms with Gasteiger partial charge >= 0.3 is 5.97 Å². The number of nitrogens with zero attached hydrogens (tertiary/aromatic N) is 1. The molecule has 0 fully saturated rings. The van der Waals surface area contributed by atoms with E-state index in [0.717, 1.165) is 5.56 Å². The molecule has 1 aromatic heterocycles. The second kappa shape index (κ2) is 4.80. The zero-order valence-electron chi connectivity index (χ0n) is 10.00. The highest BCUT2D eigenvalue weighted by atomic mass is 16.5. The number of carbonyl (C=O) groups is 1. The largest absolute Gasteiger partial charge is 0.464 e. The lowest BCUT2D eigenvalue weighted by atomic mass is 9.97. The fourth-order valence-corrected chi connectivity index (χ4v) is 0.953. The van der Waals surface area contributed by atoms with Gasteiger partial charge in [0.2, 0.25) is 0 Å². The number of esters is 1. The zero-order valence-corrected chi connectivity index (χ0v) is 10.00. The SMILES string of the molecule is COC(=O)c1ccc(C#CC(C)(C)C)cn1. The van der Waals surface area contributed by atoms with Crippen molar-refractivity contribution in [3.63, 3.8) is 0 Å². The molecular weight excluding hydrogens is 202 g/mol. The monoisotopic (exact) mass is 217 g/mol. The Morgan fingerprint density at radius 2 is 2.06 bits per heavy atom. The Balaban J connectivity index is 2.87. The van der Waals surface area contributed by atoms with Crippen molar-refractivity contribution in [2.24, 2.45) is 5.41 Å². The van der Waals surface area contributed by atoms with Crippen LogP contribution >= 0.6 is 0 Å². The van der Waals surface area contributed by atoms with Gasteiger partial charge in [-0.25, -0.2) is 9.78 Å². The van der Waals surface area contributed by atoms with Crippen LogP contribution in [-0.2, 0) is 4.74 Å². The normalized spacial score (nSPS) is 10.2. The smallest absolute Gasteiger partial charge is 0.356 e. The molecule has 1 aromatic rings. The first-order valence-electron chi connectivity index (χ1n) is 5.00. The van der Waals surface area contributed by atoms with Crippen molar-refractivity contribution in [3.8, 4) is 11.8 Å². The molecule has 0 spiro atoms. The Labute approximate surface area is 95.8 Å². The lowest BCUT2D eigenvalue weighted by molar-refractivity contribution is 0.0594. The predicted molar refractivity (Wildman–Crippen MR) is 61.9 cm³/mol. The average Bonchev–Trinajstić information content (AvgIpc) is 2.25. The van der Waals surface area contributed by atoms with Crippen molar-refractivity contribution in [2.75, 3.05) is 7.11 Å². The van der Waals surface area contributed by atoms with E-state index < -0.39 is 5.97 Å². The van der Waals surface area contributed by atoms with Gasteiger partial charge in [-0.1, -0.05) is 11.8 Å². The van der Waals surface area contributed by atoms with Crippen molar-refractivity contribution in [2.45, 2.75) is 20.8 Å². The minimum atomic E-state index is -0.435. The molecule has 1 heterocycles. The third kappa shape index (κ3) is 3.74. The van der Waals surface area contributed by atoms with Crippen LogP contribution in [0.1, 0.15) is 36.8 Å². The van der Waals surface area contributed by atoms with Gasteiger partial charge in [-0.15, -0.1) is 0 Å². The summed E-state index contributed by atoms with van der Waals surface area (Å²) < 4.78 is 4.55. The van der Waals surface area contributed by atoms with Crippen LogP contribution in [-0.4, -0.2) is 18.1 Å². The molecule has 0 radical (unpaired) electrons. The number of rotatable bonds is 1. The van der Waals surface area contributed by atoms with E-state index in [1.54, 1.807) is 18.3 Å². The number of ether oxygens (including phenoxy) is 1. The minimum Gasteiger partial charge on any atom is -0.464 e. The van der Waals surface area contributed by atoms with Crippen molar-refractivity contribution in [1.29, 1.82) is 0 Å². The number of hydrogen-bond donors (Lipinski definition) is 0. The van der Waals surface area contributed by atoms with Crippen LogP contribution in [0.2, 0.25) is 0 Å². The van der Waals surface area contributed by atoms with Gasteiger partial charge in [-0.2, -0.15) is 0 Å². The summed E-state index contributed by atoms with van der Waals surface area (Å²) in [6.45, 7) is 6.11. The summed E-state index contributed by atoms with van der Waals surface area (Å²) in [7, 11) is 1.33. The van der Waals surface area contributed by atoms with E-state index in [4.69, 9.17) is 0 Å². The average molecular weight is 217 g/mol. The molecule has 3 nitrogen and oxygen atoms in total. The van der Waals surface area contributed by atoms with Crippen LogP contribution in [0, 0.1) is 17.3 Å². The molecule has 84 valence electrons. The summed E-state index contributed by atoms with van der Waals surface area (Å²) in [5.41, 5.74) is 1.05. The van der Waals surface area contributed by atoms with Gasteiger partial charge in [-0.05, 0) is 32.9 Å². The number of pyridine rings is 1. The number of carbonyl (C=O) groups excluding carboxylic acids is 1. The Bertz CT molecular complexity index is 430. The van der Waals surface area contributed by atoms with Crippen molar-refractivity contribution < 1.29 is 9.53 Å². The fraction of sp³-hybridized carbons (Fsp3) is 0.385. The van der Waals surface area contributed by atoms with Crippen LogP contribution < -0.4 is 0 Å². The van der Waals surface area contributed by atoms with E-state index in [2.05, 4.69) is 21.6 Å². The summed E-state index contributed by atoms with van der Waals surface area (Å²) in [5, 5.41) is 0. The Morgan fingerprint density at radius 1 is 1.38 bits per heavy atom. The van der Waals surface area contributed by atoms with Gasteiger partial charge in [0.25, 0.3) is 0 Å². The maximum atomic E-state index is 11.1. The topological polar surface area (TPSA) is 39.2 Å². The third-order valence-corrected chi connectivity index (χ3v) is 1.74. The standard InChI is InChI=1S/C13H15NO2/c1-13(2,3)8-7-10-5-6-11(14-9-10)12(15)16-4/h5-6,9H,1-4H3. The molecule has 0 atom stereocenters. The van der Waals surface area contributed by atoms with E-state index in [-0.39, 0.29) is 5.41 Å². The van der Waals surface area contributed by atoms with Crippen LogP contribution in [0.5, 0.6) is 0 Å². The lowest BCUT2D eigenvalue weighted by Gasteiger charge is -2.06. The molecule has 0 amide bonds. The minimum absolute atomic E-state index is 0.0407. The number of methoxy groups -OCH3 is 1. The first-order chi connectivity index (χ1) is 7.42.